The van der Waals surface area contributed by atoms with E-state index in [9.17, 15) is 26.0 Å². The lowest BCUT2D eigenvalue weighted by molar-refractivity contribution is 0.0964. The van der Waals surface area contributed by atoms with Crippen LogP contribution >= 0.6 is 0 Å². The maximum Gasteiger partial charge on any atom is 0.255 e. The molecular formula is C23H31FN4O6S2. The zero-order valence-electron chi connectivity index (χ0n) is 21.3. The number of carbonyl (C=O) groups excluding carboxylic acids is 1. The number of likely N-dealkylation sites (N-methyl/N-ethyl adjacent to an activating group) is 1. The molecule has 0 atom stereocenters. The quantitative estimate of drug-likeness (QED) is 0.463. The maximum absolute atomic E-state index is 13.4. The number of hydrogen-bond acceptors (Lipinski definition) is 7. The summed E-state index contributed by atoms with van der Waals surface area (Å²) < 4.78 is 69.9. The standard InChI is InChI=1S/C21H25FN4O6S2.C2H6/c1-13-12-16-17(20(27)23-2)18(14-6-8-15(22)9-7-14)32-21(16)24-19(13)26(34(5,30)31)11-10-25(3)33(4,28)29;1-2/h6-9,12H,10-11H2,1-5H3,(H,23,27);1-2H3. The van der Waals surface area contributed by atoms with Gasteiger partial charge in [-0.3, -0.25) is 9.10 Å². The first-order chi connectivity index (χ1) is 16.7. The molecule has 2 heterocycles. The van der Waals surface area contributed by atoms with E-state index in [4.69, 9.17) is 4.42 Å². The van der Waals surface area contributed by atoms with Crippen LogP contribution in [0.1, 0.15) is 29.8 Å². The third-order valence-corrected chi connectivity index (χ3v) is 7.70. The summed E-state index contributed by atoms with van der Waals surface area (Å²) in [5.74, 6) is -0.719. The summed E-state index contributed by atoms with van der Waals surface area (Å²) in [6.45, 7) is 5.33. The van der Waals surface area contributed by atoms with Crippen molar-refractivity contribution in [3.8, 4) is 11.3 Å². The van der Waals surface area contributed by atoms with Gasteiger partial charge in [0.15, 0.2) is 0 Å². The van der Waals surface area contributed by atoms with E-state index in [2.05, 4.69) is 10.3 Å². The Morgan fingerprint density at radius 2 is 1.64 bits per heavy atom. The number of aromatic nitrogens is 1. The van der Waals surface area contributed by atoms with Crippen molar-refractivity contribution in [1.29, 1.82) is 0 Å². The van der Waals surface area contributed by atoms with Crippen molar-refractivity contribution >= 4 is 42.9 Å². The molecule has 0 aliphatic rings. The predicted octanol–water partition coefficient (Wildman–Crippen LogP) is 2.99. The molecule has 0 saturated carbocycles. The Bertz CT molecular complexity index is 1450. The molecule has 10 nitrogen and oxygen atoms in total. The maximum atomic E-state index is 13.4. The van der Waals surface area contributed by atoms with Gasteiger partial charge in [0.05, 0.1) is 23.5 Å². The first-order valence-corrected chi connectivity index (χ1v) is 14.7. The second-order valence-corrected chi connectivity index (χ2v) is 11.8. The van der Waals surface area contributed by atoms with E-state index in [1.165, 1.54) is 38.4 Å². The number of aryl methyl sites for hydroxylation is 1. The molecule has 0 aliphatic heterocycles. The third-order valence-electron chi connectivity index (χ3n) is 5.23. The van der Waals surface area contributed by atoms with Gasteiger partial charge < -0.3 is 9.73 Å². The highest BCUT2D eigenvalue weighted by molar-refractivity contribution is 7.92. The van der Waals surface area contributed by atoms with Gasteiger partial charge in [-0.15, -0.1) is 0 Å². The number of benzene rings is 1. The third kappa shape index (κ3) is 6.39. The summed E-state index contributed by atoms with van der Waals surface area (Å²) in [7, 11) is -4.57. The van der Waals surface area contributed by atoms with E-state index in [1.807, 2.05) is 13.8 Å². The van der Waals surface area contributed by atoms with E-state index in [-0.39, 0.29) is 35.9 Å². The van der Waals surface area contributed by atoms with Crippen LogP contribution in [0.4, 0.5) is 10.2 Å². The van der Waals surface area contributed by atoms with Gasteiger partial charge in [-0.1, -0.05) is 13.8 Å². The van der Waals surface area contributed by atoms with Gasteiger partial charge in [-0.25, -0.2) is 25.5 Å². The fourth-order valence-corrected chi connectivity index (χ4v) is 4.67. The number of halogens is 1. The normalized spacial score (nSPS) is 11.8. The van der Waals surface area contributed by atoms with Gasteiger partial charge in [0.2, 0.25) is 25.8 Å². The van der Waals surface area contributed by atoms with Gasteiger partial charge in [-0.2, -0.15) is 4.98 Å². The Morgan fingerprint density at radius 1 is 1.06 bits per heavy atom. The van der Waals surface area contributed by atoms with Crippen LogP contribution in [-0.4, -0.2) is 71.7 Å². The second kappa shape index (κ2) is 11.4. The SMILES string of the molecule is CC.CNC(=O)c1c(-c2ccc(F)cc2)oc2nc(N(CCN(C)S(C)(=O)=O)S(C)(=O)=O)c(C)cc12. The monoisotopic (exact) mass is 542 g/mol. The highest BCUT2D eigenvalue weighted by atomic mass is 32.2. The van der Waals surface area contributed by atoms with E-state index in [1.54, 1.807) is 13.0 Å². The molecule has 0 fully saturated rings. The van der Waals surface area contributed by atoms with Crippen molar-refractivity contribution < 1.29 is 30.4 Å². The lowest BCUT2D eigenvalue weighted by Gasteiger charge is -2.25. The van der Waals surface area contributed by atoms with Crippen LogP contribution in [0, 0.1) is 12.7 Å². The molecule has 0 aliphatic carbocycles. The van der Waals surface area contributed by atoms with Crippen LogP contribution in [0.5, 0.6) is 0 Å². The van der Waals surface area contributed by atoms with Crippen LogP contribution < -0.4 is 9.62 Å². The minimum atomic E-state index is -3.84. The van der Waals surface area contributed by atoms with Crippen molar-refractivity contribution in [3.63, 3.8) is 0 Å². The molecule has 0 unspecified atom stereocenters. The minimum Gasteiger partial charge on any atom is -0.437 e. The van der Waals surface area contributed by atoms with Crippen LogP contribution in [0.15, 0.2) is 34.7 Å². The molecule has 0 spiro atoms. The highest BCUT2D eigenvalue weighted by Crippen LogP contribution is 2.35. The lowest BCUT2D eigenvalue weighted by atomic mass is 10.0. The van der Waals surface area contributed by atoms with Crippen molar-refractivity contribution in [1.82, 2.24) is 14.6 Å². The zero-order valence-corrected chi connectivity index (χ0v) is 22.9. The van der Waals surface area contributed by atoms with Gasteiger partial charge >= 0.3 is 0 Å². The molecule has 0 saturated heterocycles. The van der Waals surface area contributed by atoms with E-state index in [0.29, 0.717) is 16.5 Å². The van der Waals surface area contributed by atoms with E-state index < -0.39 is 31.8 Å². The van der Waals surface area contributed by atoms with E-state index in [0.717, 1.165) is 21.1 Å². The Balaban J connectivity index is 0.00000222. The van der Waals surface area contributed by atoms with Crippen molar-refractivity contribution in [2.45, 2.75) is 20.8 Å². The molecule has 36 heavy (non-hydrogen) atoms. The average molecular weight is 543 g/mol. The molecule has 0 bridgehead atoms. The number of sulfonamides is 2. The molecule has 0 radical (unpaired) electrons. The van der Waals surface area contributed by atoms with Crippen molar-refractivity contribution in [2.75, 3.05) is 44.0 Å². The number of pyridine rings is 1. The Labute approximate surface area is 211 Å². The summed E-state index contributed by atoms with van der Waals surface area (Å²) in [4.78, 5) is 17.0. The molecule has 198 valence electrons. The van der Waals surface area contributed by atoms with Crippen LogP contribution in [0.2, 0.25) is 0 Å². The summed E-state index contributed by atoms with van der Waals surface area (Å²) >= 11 is 0. The van der Waals surface area contributed by atoms with Crippen LogP contribution in [0.3, 0.4) is 0 Å². The number of fused-ring (bicyclic) bond motifs is 1. The second-order valence-electron chi connectivity index (χ2n) is 7.79. The van der Waals surface area contributed by atoms with Gasteiger partial charge in [0.25, 0.3) is 5.91 Å². The number of carbonyl (C=O) groups is 1. The Kier molecular flexibility index (Phi) is 9.21. The summed E-state index contributed by atoms with van der Waals surface area (Å²) in [5.41, 5.74) is 1.04. The first kappa shape index (κ1) is 29.2. The molecule has 2 aromatic heterocycles. The van der Waals surface area contributed by atoms with Crippen LogP contribution in [-0.2, 0) is 20.0 Å². The molecule has 1 N–H and O–H groups in total. The number of anilines is 1. The first-order valence-electron chi connectivity index (χ1n) is 11.0. The zero-order chi connectivity index (χ0) is 27.4. The number of nitrogens with zero attached hydrogens (tertiary/aromatic N) is 3. The van der Waals surface area contributed by atoms with Crippen molar-refractivity contribution in [2.24, 2.45) is 0 Å². The molecule has 3 aromatic rings. The average Bonchev–Trinajstić information content (AvgIpc) is 3.17. The topological polar surface area (TPSA) is 130 Å². The smallest absolute Gasteiger partial charge is 0.255 e. The number of amides is 1. The Morgan fingerprint density at radius 3 is 2.14 bits per heavy atom. The highest BCUT2D eigenvalue weighted by Gasteiger charge is 2.27. The fourth-order valence-electron chi connectivity index (χ4n) is 3.35. The molecule has 1 amide bonds. The largest absolute Gasteiger partial charge is 0.437 e. The fraction of sp³-hybridized carbons (Fsp3) is 0.391. The van der Waals surface area contributed by atoms with E-state index >= 15 is 0 Å². The summed E-state index contributed by atoms with van der Waals surface area (Å²) in [6.07, 6.45) is 2.01. The van der Waals surface area contributed by atoms with Gasteiger partial charge in [0.1, 0.15) is 17.4 Å². The molecule has 13 heteroatoms. The minimum absolute atomic E-state index is 0.00337. The van der Waals surface area contributed by atoms with Gasteiger partial charge in [-0.05, 0) is 42.8 Å². The molecule has 3 rings (SSSR count). The Hall–Kier alpha value is -3.03. The number of rotatable bonds is 8. The molecular weight excluding hydrogens is 511 g/mol. The predicted molar refractivity (Wildman–Crippen MR) is 139 cm³/mol. The molecule has 1 aromatic carbocycles. The number of hydrogen-bond donors (Lipinski definition) is 1. The number of nitrogens with one attached hydrogen (secondary N) is 1. The van der Waals surface area contributed by atoms with Gasteiger partial charge in [0, 0.05) is 32.7 Å². The van der Waals surface area contributed by atoms with Crippen molar-refractivity contribution in [3.05, 3.63) is 47.3 Å². The van der Waals surface area contributed by atoms with Crippen LogP contribution in [0.25, 0.3) is 22.4 Å². The summed E-state index contributed by atoms with van der Waals surface area (Å²) in [6, 6.07) is 6.94. The number of furan rings is 1. The summed E-state index contributed by atoms with van der Waals surface area (Å²) in [5, 5.41) is 2.89. The lowest BCUT2D eigenvalue weighted by Crippen LogP contribution is -2.39.